The minimum Gasteiger partial charge on any atom is -0.314 e. The first-order chi connectivity index (χ1) is 7.47. The molecule has 96 valence electrons. The summed E-state index contributed by atoms with van der Waals surface area (Å²) >= 11 is 0. The Morgan fingerprint density at radius 2 is 1.88 bits per heavy atom. The maximum atomic E-state index is 10.8. The number of nitrogens with one attached hydrogen (secondary N) is 2. The summed E-state index contributed by atoms with van der Waals surface area (Å²) in [5.74, 6) is 0. The predicted octanol–water partition coefficient (Wildman–Crippen LogP) is -0.390. The SMILES string of the molecule is CN1CCC(NCCCNS(C)(=O)=O)CC1. The lowest BCUT2D eigenvalue weighted by Gasteiger charge is -2.29. The lowest BCUT2D eigenvalue weighted by Crippen LogP contribution is -2.41. The van der Waals surface area contributed by atoms with Crippen LogP contribution in [0.3, 0.4) is 0 Å². The highest BCUT2D eigenvalue weighted by molar-refractivity contribution is 7.88. The molecule has 1 rings (SSSR count). The second-order valence-corrected chi connectivity index (χ2v) is 6.38. The molecule has 1 heterocycles. The van der Waals surface area contributed by atoms with Crippen LogP contribution in [0.15, 0.2) is 0 Å². The Morgan fingerprint density at radius 1 is 1.25 bits per heavy atom. The summed E-state index contributed by atoms with van der Waals surface area (Å²) in [6, 6.07) is 0.606. The minimum atomic E-state index is -3.02. The molecule has 0 atom stereocenters. The largest absolute Gasteiger partial charge is 0.314 e. The van der Waals surface area contributed by atoms with Gasteiger partial charge in [0.2, 0.25) is 10.0 Å². The van der Waals surface area contributed by atoms with E-state index in [1.807, 2.05) is 0 Å². The lowest BCUT2D eigenvalue weighted by molar-refractivity contribution is 0.235. The molecule has 0 unspecified atom stereocenters. The monoisotopic (exact) mass is 249 g/mol. The molecule has 0 amide bonds. The fourth-order valence-electron chi connectivity index (χ4n) is 1.86. The maximum Gasteiger partial charge on any atom is 0.208 e. The second kappa shape index (κ2) is 6.54. The molecule has 0 radical (unpaired) electrons. The van der Waals surface area contributed by atoms with E-state index >= 15 is 0 Å². The van der Waals surface area contributed by atoms with Gasteiger partial charge in [0, 0.05) is 12.6 Å². The van der Waals surface area contributed by atoms with E-state index in [2.05, 4.69) is 22.0 Å². The lowest BCUT2D eigenvalue weighted by atomic mass is 10.1. The fourth-order valence-corrected chi connectivity index (χ4v) is 2.38. The van der Waals surface area contributed by atoms with Crippen LogP contribution >= 0.6 is 0 Å². The van der Waals surface area contributed by atoms with E-state index in [9.17, 15) is 8.42 Å². The van der Waals surface area contributed by atoms with Crippen LogP contribution in [0.1, 0.15) is 19.3 Å². The van der Waals surface area contributed by atoms with Crippen LogP contribution in [0.4, 0.5) is 0 Å². The van der Waals surface area contributed by atoms with Gasteiger partial charge in [0.15, 0.2) is 0 Å². The zero-order valence-corrected chi connectivity index (χ0v) is 11.0. The highest BCUT2D eigenvalue weighted by Crippen LogP contribution is 2.07. The van der Waals surface area contributed by atoms with Gasteiger partial charge in [-0.3, -0.25) is 0 Å². The molecule has 0 spiro atoms. The maximum absolute atomic E-state index is 10.8. The molecule has 1 saturated heterocycles. The van der Waals surface area contributed by atoms with Crippen LogP contribution in [-0.4, -0.2) is 58.8 Å². The van der Waals surface area contributed by atoms with Crippen LogP contribution in [0.5, 0.6) is 0 Å². The molecule has 2 N–H and O–H groups in total. The Bertz CT molecular complexity index is 284. The zero-order valence-electron chi connectivity index (χ0n) is 10.2. The zero-order chi connectivity index (χ0) is 12.0. The highest BCUT2D eigenvalue weighted by Gasteiger charge is 2.15. The summed E-state index contributed by atoms with van der Waals surface area (Å²) in [5.41, 5.74) is 0. The number of rotatable bonds is 6. The van der Waals surface area contributed by atoms with Gasteiger partial charge < -0.3 is 10.2 Å². The molecule has 6 heteroatoms. The molecule has 1 fully saturated rings. The summed E-state index contributed by atoms with van der Waals surface area (Å²) in [7, 11) is -0.876. The first-order valence-electron chi connectivity index (χ1n) is 5.84. The topological polar surface area (TPSA) is 61.4 Å². The van der Waals surface area contributed by atoms with Gasteiger partial charge in [-0.15, -0.1) is 0 Å². The Kier molecular flexibility index (Phi) is 5.68. The van der Waals surface area contributed by atoms with Gasteiger partial charge in [0.05, 0.1) is 6.26 Å². The Balaban J connectivity index is 1.99. The van der Waals surface area contributed by atoms with E-state index in [0.717, 1.165) is 26.1 Å². The summed E-state index contributed by atoms with van der Waals surface area (Å²) < 4.78 is 24.1. The average Bonchev–Trinajstić information content (AvgIpc) is 2.19. The summed E-state index contributed by atoms with van der Waals surface area (Å²) in [4.78, 5) is 2.34. The molecule has 5 nitrogen and oxygen atoms in total. The molecule has 0 aromatic rings. The van der Waals surface area contributed by atoms with Gasteiger partial charge >= 0.3 is 0 Å². The van der Waals surface area contributed by atoms with E-state index < -0.39 is 10.0 Å². The molecule has 0 saturated carbocycles. The van der Waals surface area contributed by atoms with Crippen LogP contribution in [0.25, 0.3) is 0 Å². The summed E-state index contributed by atoms with van der Waals surface area (Å²) in [6.07, 6.45) is 4.42. The van der Waals surface area contributed by atoms with Crippen molar-refractivity contribution in [2.24, 2.45) is 0 Å². The molecule has 1 aliphatic heterocycles. The number of nitrogens with zero attached hydrogens (tertiary/aromatic N) is 1. The van der Waals surface area contributed by atoms with Crippen LogP contribution in [-0.2, 0) is 10.0 Å². The van der Waals surface area contributed by atoms with Gasteiger partial charge in [-0.25, -0.2) is 13.1 Å². The molecular weight excluding hydrogens is 226 g/mol. The van der Waals surface area contributed by atoms with Crippen molar-refractivity contribution in [3.8, 4) is 0 Å². The third-order valence-corrected chi connectivity index (χ3v) is 3.60. The number of hydrogen-bond acceptors (Lipinski definition) is 4. The van der Waals surface area contributed by atoms with Gasteiger partial charge in [-0.1, -0.05) is 0 Å². The number of sulfonamides is 1. The van der Waals surface area contributed by atoms with E-state index in [1.165, 1.54) is 19.1 Å². The normalized spacial score (nSPS) is 20.1. The van der Waals surface area contributed by atoms with E-state index in [0.29, 0.717) is 12.6 Å². The second-order valence-electron chi connectivity index (χ2n) is 4.55. The van der Waals surface area contributed by atoms with Crippen molar-refractivity contribution in [1.29, 1.82) is 0 Å². The average molecular weight is 249 g/mol. The van der Waals surface area contributed by atoms with E-state index in [4.69, 9.17) is 0 Å². The number of hydrogen-bond donors (Lipinski definition) is 2. The van der Waals surface area contributed by atoms with E-state index in [1.54, 1.807) is 0 Å². The third-order valence-electron chi connectivity index (χ3n) is 2.87. The first-order valence-corrected chi connectivity index (χ1v) is 7.73. The van der Waals surface area contributed by atoms with Crippen molar-refractivity contribution >= 4 is 10.0 Å². The Labute approximate surface area is 98.6 Å². The molecular formula is C10H23N3O2S. The van der Waals surface area contributed by atoms with Crippen molar-refractivity contribution in [2.45, 2.75) is 25.3 Å². The molecule has 0 aromatic heterocycles. The standard InChI is InChI=1S/C10H23N3O2S/c1-13-8-4-10(5-9-13)11-6-3-7-12-16(2,14)15/h10-12H,3-9H2,1-2H3. The van der Waals surface area contributed by atoms with Crippen molar-refractivity contribution < 1.29 is 8.42 Å². The quantitative estimate of drug-likeness (QED) is 0.629. The molecule has 0 bridgehead atoms. The van der Waals surface area contributed by atoms with Gasteiger partial charge in [0.25, 0.3) is 0 Å². The van der Waals surface area contributed by atoms with Crippen LogP contribution in [0.2, 0.25) is 0 Å². The van der Waals surface area contributed by atoms with Crippen molar-refractivity contribution in [1.82, 2.24) is 14.9 Å². The Morgan fingerprint density at radius 3 is 2.44 bits per heavy atom. The van der Waals surface area contributed by atoms with Crippen LogP contribution < -0.4 is 10.0 Å². The van der Waals surface area contributed by atoms with Gasteiger partial charge in [0.1, 0.15) is 0 Å². The van der Waals surface area contributed by atoms with E-state index in [-0.39, 0.29) is 0 Å². The minimum absolute atomic E-state index is 0.526. The predicted molar refractivity (Wildman–Crippen MR) is 66.0 cm³/mol. The van der Waals surface area contributed by atoms with Gasteiger partial charge in [-0.2, -0.15) is 0 Å². The molecule has 1 aliphatic rings. The molecule has 0 aliphatic carbocycles. The van der Waals surface area contributed by atoms with Gasteiger partial charge in [-0.05, 0) is 45.9 Å². The fraction of sp³-hybridized carbons (Fsp3) is 1.00. The summed E-state index contributed by atoms with van der Waals surface area (Å²) in [5, 5.41) is 3.47. The first kappa shape index (κ1) is 13.9. The number of piperidine rings is 1. The van der Waals surface area contributed by atoms with Crippen LogP contribution in [0, 0.1) is 0 Å². The summed E-state index contributed by atoms with van der Waals surface area (Å²) in [6.45, 7) is 3.72. The smallest absolute Gasteiger partial charge is 0.208 e. The third kappa shape index (κ3) is 6.42. The molecule has 16 heavy (non-hydrogen) atoms. The van der Waals surface area contributed by atoms with Crippen molar-refractivity contribution in [3.05, 3.63) is 0 Å². The van der Waals surface area contributed by atoms with Crippen molar-refractivity contribution in [3.63, 3.8) is 0 Å². The number of likely N-dealkylation sites (tertiary alicyclic amines) is 1. The van der Waals surface area contributed by atoms with Crippen molar-refractivity contribution in [2.75, 3.05) is 39.5 Å². The highest BCUT2D eigenvalue weighted by atomic mass is 32.2. The Hall–Kier alpha value is -0.170. The molecule has 0 aromatic carbocycles.